The Bertz CT molecular complexity index is 528. The summed E-state index contributed by atoms with van der Waals surface area (Å²) in [6, 6.07) is 3.76. The molecule has 0 aliphatic heterocycles. The molecule has 2 rings (SSSR count). The molecule has 2 N–H and O–H groups in total. The quantitative estimate of drug-likeness (QED) is 0.946. The van der Waals surface area contributed by atoms with Crippen molar-refractivity contribution in [2.45, 2.75) is 20.3 Å². The highest BCUT2D eigenvalue weighted by Crippen LogP contribution is 2.31. The fourth-order valence-corrected chi connectivity index (χ4v) is 2.14. The van der Waals surface area contributed by atoms with Crippen LogP contribution in [0.3, 0.4) is 0 Å². The zero-order chi connectivity index (χ0) is 12.6. The number of hydrogen-bond donors (Lipinski definition) is 1. The van der Waals surface area contributed by atoms with Crippen molar-refractivity contribution in [1.29, 1.82) is 0 Å². The molecule has 0 radical (unpaired) electrons. The van der Waals surface area contributed by atoms with Gasteiger partial charge in [-0.05, 0) is 40.4 Å². The maximum absolute atomic E-state index is 6.04. The molecule has 2 aromatic rings. The molecule has 5 heteroatoms. The predicted molar refractivity (Wildman–Crippen MR) is 71.6 cm³/mol. The van der Waals surface area contributed by atoms with E-state index in [1.165, 1.54) is 0 Å². The van der Waals surface area contributed by atoms with Crippen LogP contribution in [0, 0.1) is 5.92 Å². The monoisotopic (exact) mass is 297 g/mol. The van der Waals surface area contributed by atoms with E-state index in [1.807, 2.05) is 19.2 Å². The van der Waals surface area contributed by atoms with E-state index in [4.69, 9.17) is 10.2 Å². The normalized spacial score (nSPS) is 11.4. The van der Waals surface area contributed by atoms with Crippen molar-refractivity contribution in [2.75, 3.05) is 5.73 Å². The molecule has 17 heavy (non-hydrogen) atoms. The number of rotatable bonds is 3. The maximum Gasteiger partial charge on any atom is 0.169 e. The first kappa shape index (κ1) is 12.2. The van der Waals surface area contributed by atoms with E-state index >= 15 is 0 Å². The number of aromatic nitrogens is 2. The minimum absolute atomic E-state index is 0.527. The second-order valence-corrected chi connectivity index (χ2v) is 5.32. The standard InChI is InChI=1S/C12H16BrN3O/c1-7(2)6-8-11(15-16(3)12(8)14)9-4-5-10(13)17-9/h4-5,7H,6,14H2,1-3H3. The number of aryl methyl sites for hydroxylation is 1. The highest BCUT2D eigenvalue weighted by Gasteiger charge is 2.18. The average Bonchev–Trinajstić information content (AvgIpc) is 2.77. The SMILES string of the molecule is CC(C)Cc1c(-c2ccc(Br)o2)nn(C)c1N. The van der Waals surface area contributed by atoms with E-state index in [0.29, 0.717) is 16.4 Å². The fourth-order valence-electron chi connectivity index (χ4n) is 1.83. The lowest BCUT2D eigenvalue weighted by molar-refractivity contribution is 0.550. The van der Waals surface area contributed by atoms with Crippen LogP contribution in [-0.4, -0.2) is 9.78 Å². The molecule has 0 atom stereocenters. The van der Waals surface area contributed by atoms with Crippen LogP contribution >= 0.6 is 15.9 Å². The summed E-state index contributed by atoms with van der Waals surface area (Å²) in [5.41, 5.74) is 7.94. The largest absolute Gasteiger partial charge is 0.448 e. The second kappa shape index (κ2) is 4.56. The van der Waals surface area contributed by atoms with Gasteiger partial charge in [0.15, 0.2) is 10.4 Å². The molecular formula is C12H16BrN3O. The third kappa shape index (κ3) is 2.39. The topological polar surface area (TPSA) is 57.0 Å². The Hall–Kier alpha value is -1.23. The number of anilines is 1. The molecule has 2 aromatic heterocycles. The number of hydrogen-bond acceptors (Lipinski definition) is 3. The van der Waals surface area contributed by atoms with Crippen molar-refractivity contribution in [3.8, 4) is 11.5 Å². The van der Waals surface area contributed by atoms with Crippen molar-refractivity contribution in [3.05, 3.63) is 22.4 Å². The van der Waals surface area contributed by atoms with E-state index in [1.54, 1.807) is 4.68 Å². The summed E-state index contributed by atoms with van der Waals surface area (Å²) in [4.78, 5) is 0. The predicted octanol–water partition coefficient (Wildman–Crippen LogP) is 3.22. The number of nitrogen functional groups attached to an aromatic ring is 1. The van der Waals surface area contributed by atoms with E-state index in [-0.39, 0.29) is 0 Å². The van der Waals surface area contributed by atoms with Crippen LogP contribution in [0.2, 0.25) is 0 Å². The Morgan fingerprint density at radius 3 is 2.71 bits per heavy atom. The molecule has 0 fully saturated rings. The molecule has 0 aromatic carbocycles. The molecule has 0 spiro atoms. The molecule has 92 valence electrons. The van der Waals surface area contributed by atoms with E-state index in [2.05, 4.69) is 34.9 Å². The molecule has 0 bridgehead atoms. The number of nitrogens with zero attached hydrogens (tertiary/aromatic N) is 2. The van der Waals surface area contributed by atoms with Gasteiger partial charge in [0, 0.05) is 12.6 Å². The van der Waals surface area contributed by atoms with Gasteiger partial charge in [0.05, 0.1) is 0 Å². The average molecular weight is 298 g/mol. The Morgan fingerprint density at radius 1 is 1.47 bits per heavy atom. The Morgan fingerprint density at radius 2 is 2.18 bits per heavy atom. The minimum Gasteiger partial charge on any atom is -0.448 e. The van der Waals surface area contributed by atoms with Crippen molar-refractivity contribution in [2.24, 2.45) is 13.0 Å². The van der Waals surface area contributed by atoms with Crippen LogP contribution in [-0.2, 0) is 13.5 Å². The van der Waals surface area contributed by atoms with E-state index in [9.17, 15) is 0 Å². The van der Waals surface area contributed by atoms with Crippen LogP contribution in [0.1, 0.15) is 19.4 Å². The fraction of sp³-hybridized carbons (Fsp3) is 0.417. The van der Waals surface area contributed by atoms with Gasteiger partial charge in [-0.15, -0.1) is 0 Å². The van der Waals surface area contributed by atoms with Crippen molar-refractivity contribution >= 4 is 21.7 Å². The van der Waals surface area contributed by atoms with E-state index < -0.39 is 0 Å². The molecule has 2 heterocycles. The zero-order valence-corrected chi connectivity index (χ0v) is 11.8. The van der Waals surface area contributed by atoms with Gasteiger partial charge in [-0.1, -0.05) is 13.8 Å². The summed E-state index contributed by atoms with van der Waals surface area (Å²) in [5.74, 6) is 1.99. The smallest absolute Gasteiger partial charge is 0.169 e. The number of halogens is 1. The molecule has 4 nitrogen and oxygen atoms in total. The van der Waals surface area contributed by atoms with Crippen LogP contribution in [0.4, 0.5) is 5.82 Å². The molecule has 0 unspecified atom stereocenters. The van der Waals surface area contributed by atoms with Gasteiger partial charge in [0.25, 0.3) is 0 Å². The van der Waals surface area contributed by atoms with Gasteiger partial charge in [-0.25, -0.2) is 0 Å². The lowest BCUT2D eigenvalue weighted by Gasteiger charge is -2.05. The van der Waals surface area contributed by atoms with Crippen molar-refractivity contribution in [1.82, 2.24) is 9.78 Å². The Kier molecular flexibility index (Phi) is 3.28. The first-order valence-electron chi connectivity index (χ1n) is 5.56. The number of nitrogens with two attached hydrogens (primary N) is 1. The first-order valence-corrected chi connectivity index (χ1v) is 6.35. The second-order valence-electron chi connectivity index (χ2n) is 4.54. The van der Waals surface area contributed by atoms with Crippen LogP contribution in [0.15, 0.2) is 21.2 Å². The van der Waals surface area contributed by atoms with Crippen LogP contribution < -0.4 is 5.73 Å². The molecule has 0 saturated heterocycles. The minimum atomic E-state index is 0.527. The summed E-state index contributed by atoms with van der Waals surface area (Å²) in [5, 5.41) is 4.42. The Balaban J connectivity index is 2.49. The highest BCUT2D eigenvalue weighted by atomic mass is 79.9. The first-order chi connectivity index (χ1) is 7.99. The lowest BCUT2D eigenvalue weighted by atomic mass is 10.0. The van der Waals surface area contributed by atoms with Crippen molar-refractivity contribution < 1.29 is 4.42 Å². The van der Waals surface area contributed by atoms with Gasteiger partial charge in [0.1, 0.15) is 11.5 Å². The summed E-state index contributed by atoms with van der Waals surface area (Å²) in [7, 11) is 1.85. The molecular weight excluding hydrogens is 282 g/mol. The van der Waals surface area contributed by atoms with Gasteiger partial charge in [-0.3, -0.25) is 4.68 Å². The summed E-state index contributed by atoms with van der Waals surface area (Å²) in [6.07, 6.45) is 0.896. The summed E-state index contributed by atoms with van der Waals surface area (Å²) < 4.78 is 7.94. The maximum atomic E-state index is 6.04. The summed E-state index contributed by atoms with van der Waals surface area (Å²) in [6.45, 7) is 4.32. The van der Waals surface area contributed by atoms with E-state index in [0.717, 1.165) is 23.4 Å². The van der Waals surface area contributed by atoms with Crippen LogP contribution in [0.25, 0.3) is 11.5 Å². The third-order valence-corrected chi connectivity index (χ3v) is 3.04. The summed E-state index contributed by atoms with van der Waals surface area (Å²) >= 11 is 3.30. The van der Waals surface area contributed by atoms with Gasteiger partial charge < -0.3 is 10.2 Å². The van der Waals surface area contributed by atoms with Crippen molar-refractivity contribution in [3.63, 3.8) is 0 Å². The van der Waals surface area contributed by atoms with Gasteiger partial charge >= 0.3 is 0 Å². The molecule has 0 amide bonds. The molecule has 0 aliphatic carbocycles. The Labute approximate surface area is 109 Å². The van der Waals surface area contributed by atoms with Gasteiger partial charge in [0.2, 0.25) is 0 Å². The molecule has 0 aliphatic rings. The molecule has 0 saturated carbocycles. The number of furan rings is 1. The zero-order valence-electron chi connectivity index (χ0n) is 10.2. The third-order valence-electron chi connectivity index (χ3n) is 2.61. The lowest BCUT2D eigenvalue weighted by Crippen LogP contribution is -2.01. The van der Waals surface area contributed by atoms with Crippen LogP contribution in [0.5, 0.6) is 0 Å². The van der Waals surface area contributed by atoms with Gasteiger partial charge in [-0.2, -0.15) is 5.10 Å². The highest BCUT2D eigenvalue weighted by molar-refractivity contribution is 9.10.